The molecule has 1 heterocycles. The number of nitrogens with zero attached hydrogens (tertiary/aromatic N) is 1. The van der Waals surface area contributed by atoms with Gasteiger partial charge in [-0.3, -0.25) is 14.5 Å². The molecule has 1 aliphatic heterocycles. The van der Waals surface area contributed by atoms with Crippen molar-refractivity contribution in [1.29, 1.82) is 0 Å². The first-order valence-electron chi connectivity index (χ1n) is 8.92. The van der Waals surface area contributed by atoms with E-state index < -0.39 is 0 Å². The second kappa shape index (κ2) is 8.84. The summed E-state index contributed by atoms with van der Waals surface area (Å²) in [7, 11) is 0. The lowest BCUT2D eigenvalue weighted by atomic mass is 10.2. The number of urea groups is 1. The molecule has 4 amide bonds. The van der Waals surface area contributed by atoms with Crippen LogP contribution in [0.2, 0.25) is 0 Å². The van der Waals surface area contributed by atoms with Gasteiger partial charge in [-0.25, -0.2) is 4.79 Å². The second-order valence-electron chi connectivity index (χ2n) is 6.20. The molecule has 0 aliphatic carbocycles. The molecule has 1 saturated heterocycles. The van der Waals surface area contributed by atoms with E-state index in [0.29, 0.717) is 43.7 Å². The fourth-order valence-electron chi connectivity index (χ4n) is 2.81. The zero-order valence-electron chi connectivity index (χ0n) is 14.9. The maximum atomic E-state index is 12.0. The summed E-state index contributed by atoms with van der Waals surface area (Å²) < 4.78 is 0. The highest BCUT2D eigenvalue weighted by Gasteiger charge is 2.20. The van der Waals surface area contributed by atoms with Gasteiger partial charge in [0.2, 0.25) is 5.91 Å². The molecule has 2 aromatic rings. The van der Waals surface area contributed by atoms with Gasteiger partial charge in [-0.2, -0.15) is 0 Å². The van der Waals surface area contributed by atoms with E-state index in [4.69, 9.17) is 0 Å². The van der Waals surface area contributed by atoms with Gasteiger partial charge < -0.3 is 16.0 Å². The van der Waals surface area contributed by atoms with Gasteiger partial charge >= 0.3 is 6.03 Å². The van der Waals surface area contributed by atoms with Crippen LogP contribution < -0.4 is 20.9 Å². The van der Waals surface area contributed by atoms with Crippen molar-refractivity contribution < 1.29 is 14.4 Å². The SMILES string of the molecule is O=C(CCCNC(=O)c1ccccc1)Nc1ccc(N2CCNC2=O)cc1. The minimum Gasteiger partial charge on any atom is -0.352 e. The van der Waals surface area contributed by atoms with Crippen LogP contribution in [0.3, 0.4) is 0 Å². The number of hydrogen-bond acceptors (Lipinski definition) is 3. The molecular formula is C20H22N4O3. The van der Waals surface area contributed by atoms with Crippen LogP contribution in [-0.4, -0.2) is 37.5 Å². The van der Waals surface area contributed by atoms with Crippen molar-refractivity contribution in [2.75, 3.05) is 29.9 Å². The van der Waals surface area contributed by atoms with Crippen molar-refractivity contribution in [3.05, 3.63) is 60.2 Å². The lowest BCUT2D eigenvalue weighted by Crippen LogP contribution is -2.27. The smallest absolute Gasteiger partial charge is 0.321 e. The summed E-state index contributed by atoms with van der Waals surface area (Å²) in [5.41, 5.74) is 2.08. The van der Waals surface area contributed by atoms with Crippen molar-refractivity contribution in [3.8, 4) is 0 Å². The summed E-state index contributed by atoms with van der Waals surface area (Å²) in [6, 6.07) is 16.0. The Balaban J connectivity index is 1.39. The molecule has 0 aromatic heterocycles. The van der Waals surface area contributed by atoms with Crippen molar-refractivity contribution >= 4 is 29.2 Å². The van der Waals surface area contributed by atoms with Gasteiger partial charge in [0, 0.05) is 43.0 Å². The Morgan fingerprint density at radius 1 is 1.04 bits per heavy atom. The molecule has 0 saturated carbocycles. The van der Waals surface area contributed by atoms with Crippen LogP contribution >= 0.6 is 0 Å². The first-order chi connectivity index (χ1) is 13.1. The average molecular weight is 366 g/mol. The highest BCUT2D eigenvalue weighted by Crippen LogP contribution is 2.19. The molecule has 27 heavy (non-hydrogen) atoms. The lowest BCUT2D eigenvalue weighted by Gasteiger charge is -2.14. The Morgan fingerprint density at radius 3 is 2.44 bits per heavy atom. The third-order valence-corrected chi connectivity index (χ3v) is 4.22. The molecule has 0 spiro atoms. The number of benzene rings is 2. The van der Waals surface area contributed by atoms with Crippen LogP contribution in [-0.2, 0) is 4.79 Å². The molecule has 7 heteroatoms. The Hall–Kier alpha value is -3.35. The van der Waals surface area contributed by atoms with Crippen molar-refractivity contribution in [2.45, 2.75) is 12.8 Å². The largest absolute Gasteiger partial charge is 0.352 e. The summed E-state index contributed by atoms with van der Waals surface area (Å²) in [4.78, 5) is 37.2. The maximum Gasteiger partial charge on any atom is 0.321 e. The van der Waals surface area contributed by atoms with Crippen LogP contribution in [0.1, 0.15) is 23.2 Å². The van der Waals surface area contributed by atoms with Crippen LogP contribution in [0.15, 0.2) is 54.6 Å². The van der Waals surface area contributed by atoms with Crippen molar-refractivity contribution in [3.63, 3.8) is 0 Å². The Kier molecular flexibility index (Phi) is 6.04. The quantitative estimate of drug-likeness (QED) is 0.657. The topological polar surface area (TPSA) is 90.5 Å². The highest BCUT2D eigenvalue weighted by atomic mass is 16.2. The van der Waals surface area contributed by atoms with E-state index >= 15 is 0 Å². The van der Waals surface area contributed by atoms with E-state index in [2.05, 4.69) is 16.0 Å². The third kappa shape index (κ3) is 5.07. The Bertz CT molecular complexity index is 806. The fourth-order valence-corrected chi connectivity index (χ4v) is 2.81. The second-order valence-corrected chi connectivity index (χ2v) is 6.20. The number of carbonyl (C=O) groups is 3. The standard InChI is InChI=1S/C20H22N4O3/c25-18(7-4-12-21-19(26)15-5-2-1-3-6-15)23-16-8-10-17(11-9-16)24-14-13-22-20(24)27/h1-3,5-6,8-11H,4,7,12-14H2,(H,21,26)(H,22,27)(H,23,25). The Labute approximate surface area is 157 Å². The minimum absolute atomic E-state index is 0.107. The number of carbonyl (C=O) groups excluding carboxylic acids is 3. The molecule has 3 N–H and O–H groups in total. The highest BCUT2D eigenvalue weighted by molar-refractivity contribution is 5.95. The predicted molar refractivity (Wildman–Crippen MR) is 104 cm³/mol. The van der Waals surface area contributed by atoms with Crippen LogP contribution in [0.4, 0.5) is 16.2 Å². The van der Waals surface area contributed by atoms with Gasteiger partial charge in [-0.1, -0.05) is 18.2 Å². The molecule has 140 valence electrons. The molecule has 0 bridgehead atoms. The fraction of sp³-hybridized carbons (Fsp3) is 0.250. The number of hydrogen-bond donors (Lipinski definition) is 3. The predicted octanol–water partition coefficient (Wildman–Crippen LogP) is 2.36. The van der Waals surface area contributed by atoms with E-state index in [1.807, 2.05) is 18.2 Å². The van der Waals surface area contributed by atoms with E-state index in [9.17, 15) is 14.4 Å². The van der Waals surface area contributed by atoms with E-state index in [-0.39, 0.29) is 17.8 Å². The van der Waals surface area contributed by atoms with Crippen LogP contribution in [0.5, 0.6) is 0 Å². The average Bonchev–Trinajstić information content (AvgIpc) is 3.12. The summed E-state index contributed by atoms with van der Waals surface area (Å²) in [5.74, 6) is -0.256. The maximum absolute atomic E-state index is 12.0. The number of amides is 4. The molecule has 1 fully saturated rings. The van der Waals surface area contributed by atoms with Gasteiger partial charge in [0.1, 0.15) is 0 Å². The molecule has 3 rings (SSSR count). The summed E-state index contributed by atoms with van der Waals surface area (Å²) in [5, 5.41) is 8.37. The normalized spacial score (nSPS) is 13.2. The molecule has 0 unspecified atom stereocenters. The van der Waals surface area contributed by atoms with E-state index in [0.717, 1.165) is 5.69 Å². The number of nitrogens with one attached hydrogen (secondary N) is 3. The van der Waals surface area contributed by atoms with Crippen LogP contribution in [0, 0.1) is 0 Å². The molecule has 7 nitrogen and oxygen atoms in total. The van der Waals surface area contributed by atoms with Gasteiger partial charge in [0.05, 0.1) is 0 Å². The minimum atomic E-state index is -0.141. The molecule has 1 aliphatic rings. The first kappa shape index (κ1) is 18.4. The number of rotatable bonds is 7. The van der Waals surface area contributed by atoms with Gasteiger partial charge in [-0.15, -0.1) is 0 Å². The number of anilines is 2. The van der Waals surface area contributed by atoms with Gasteiger partial charge in [-0.05, 0) is 42.8 Å². The van der Waals surface area contributed by atoms with Gasteiger partial charge in [0.25, 0.3) is 5.91 Å². The molecule has 0 radical (unpaired) electrons. The first-order valence-corrected chi connectivity index (χ1v) is 8.92. The molecule has 2 aromatic carbocycles. The summed E-state index contributed by atoms with van der Waals surface area (Å²) >= 11 is 0. The zero-order chi connectivity index (χ0) is 19.1. The van der Waals surface area contributed by atoms with Crippen molar-refractivity contribution in [2.24, 2.45) is 0 Å². The molecule has 0 atom stereocenters. The van der Waals surface area contributed by atoms with Gasteiger partial charge in [0.15, 0.2) is 0 Å². The lowest BCUT2D eigenvalue weighted by molar-refractivity contribution is -0.116. The summed E-state index contributed by atoms with van der Waals surface area (Å²) in [6.07, 6.45) is 0.863. The van der Waals surface area contributed by atoms with Crippen molar-refractivity contribution in [1.82, 2.24) is 10.6 Å². The zero-order valence-corrected chi connectivity index (χ0v) is 14.9. The monoisotopic (exact) mass is 366 g/mol. The summed E-state index contributed by atoms with van der Waals surface area (Å²) in [6.45, 7) is 1.71. The van der Waals surface area contributed by atoms with E-state index in [1.165, 1.54) is 0 Å². The third-order valence-electron chi connectivity index (χ3n) is 4.22. The van der Waals surface area contributed by atoms with Crippen LogP contribution in [0.25, 0.3) is 0 Å². The molecular weight excluding hydrogens is 344 g/mol. The Morgan fingerprint density at radius 2 is 1.78 bits per heavy atom. The van der Waals surface area contributed by atoms with E-state index in [1.54, 1.807) is 41.3 Å².